The Morgan fingerprint density at radius 3 is 2.42 bits per heavy atom. The van der Waals surface area contributed by atoms with Crippen molar-refractivity contribution in [1.82, 2.24) is 14.9 Å². The van der Waals surface area contributed by atoms with Crippen LogP contribution in [0.5, 0.6) is 17.2 Å². The normalized spacial score (nSPS) is 12.2. The van der Waals surface area contributed by atoms with Crippen LogP contribution >= 0.6 is 0 Å². The van der Waals surface area contributed by atoms with Crippen molar-refractivity contribution in [2.75, 3.05) is 21.3 Å². The van der Waals surface area contributed by atoms with Gasteiger partial charge >= 0.3 is 0 Å². The van der Waals surface area contributed by atoms with E-state index >= 15 is 0 Å². The fourth-order valence-electron chi connectivity index (χ4n) is 3.48. The lowest BCUT2D eigenvalue weighted by Crippen LogP contribution is -2.25. The molecule has 9 heteroatoms. The Hall–Kier alpha value is -4.01. The molecule has 0 unspecified atom stereocenters. The van der Waals surface area contributed by atoms with Crippen LogP contribution in [0.2, 0.25) is 0 Å². The van der Waals surface area contributed by atoms with Gasteiger partial charge in [0.2, 0.25) is 0 Å². The summed E-state index contributed by atoms with van der Waals surface area (Å²) in [6.45, 7) is 1.74. The first-order valence-corrected chi connectivity index (χ1v) is 10.3. The van der Waals surface area contributed by atoms with Crippen LogP contribution in [0.3, 0.4) is 0 Å². The summed E-state index contributed by atoms with van der Waals surface area (Å²) >= 11 is 0. The maximum atomic E-state index is 12.6. The predicted molar refractivity (Wildman–Crippen MR) is 123 cm³/mol. The molecule has 9 nitrogen and oxygen atoms in total. The molecule has 0 saturated heterocycles. The molecule has 2 N–H and O–H groups in total. The number of aryl methyl sites for hydroxylation is 1. The number of imidazole rings is 1. The van der Waals surface area contributed by atoms with Crippen molar-refractivity contribution in [3.8, 4) is 34.3 Å². The van der Waals surface area contributed by atoms with Crippen LogP contribution in [0.4, 0.5) is 0 Å². The van der Waals surface area contributed by atoms with Crippen LogP contribution in [0.15, 0.2) is 42.7 Å². The highest BCUT2D eigenvalue weighted by molar-refractivity contribution is 5.95. The van der Waals surface area contributed by atoms with E-state index in [-0.39, 0.29) is 18.4 Å². The van der Waals surface area contributed by atoms with Crippen LogP contribution < -0.4 is 19.5 Å². The number of carbonyl (C=O) groups is 2. The summed E-state index contributed by atoms with van der Waals surface area (Å²) in [7, 11) is 4.82. The number of hydrogen-bond donors (Lipinski definition) is 2. The maximum absolute atomic E-state index is 12.6. The number of nitrogens with zero attached hydrogens (tertiary/aromatic N) is 2. The van der Waals surface area contributed by atoms with Gasteiger partial charge in [0, 0.05) is 24.0 Å². The number of benzene rings is 2. The largest absolute Gasteiger partial charge is 0.495 e. The van der Waals surface area contributed by atoms with Gasteiger partial charge in [0.05, 0.1) is 32.6 Å². The molecule has 174 valence electrons. The summed E-state index contributed by atoms with van der Waals surface area (Å²) in [6.07, 6.45) is 5.62. The van der Waals surface area contributed by atoms with Crippen molar-refractivity contribution in [1.29, 1.82) is 0 Å². The van der Waals surface area contributed by atoms with Crippen LogP contribution in [-0.4, -0.2) is 54.4 Å². The third kappa shape index (κ3) is 5.25. The molecule has 0 aliphatic heterocycles. The second-order valence-electron chi connectivity index (χ2n) is 7.41. The zero-order valence-corrected chi connectivity index (χ0v) is 19.0. The lowest BCUT2D eigenvalue weighted by Gasteiger charge is -2.17. The fourth-order valence-corrected chi connectivity index (χ4v) is 3.48. The molecule has 33 heavy (non-hydrogen) atoms. The number of aromatic nitrogens is 2. The van der Waals surface area contributed by atoms with Gasteiger partial charge in [0.15, 0.2) is 11.5 Å². The zero-order chi connectivity index (χ0) is 24.0. The average Bonchev–Trinajstić information content (AvgIpc) is 3.50. The summed E-state index contributed by atoms with van der Waals surface area (Å²) < 4.78 is 18.6. The highest BCUT2D eigenvalue weighted by atomic mass is 16.5. The van der Waals surface area contributed by atoms with Crippen molar-refractivity contribution in [3.63, 3.8) is 0 Å². The summed E-state index contributed by atoms with van der Waals surface area (Å²) in [5.41, 5.74) is 3.10. The maximum Gasteiger partial charge on any atom is 0.290 e. The molecule has 1 heterocycles. The predicted octanol–water partition coefficient (Wildman–Crippen LogP) is 3.47. The summed E-state index contributed by atoms with van der Waals surface area (Å²) in [4.78, 5) is 25.5. The Balaban J connectivity index is 0.000000968. The van der Waals surface area contributed by atoms with E-state index in [1.165, 1.54) is 0 Å². The molecule has 3 aromatic rings. The van der Waals surface area contributed by atoms with E-state index in [1.807, 2.05) is 35.9 Å². The number of amides is 1. The first-order valence-electron chi connectivity index (χ1n) is 10.3. The molecule has 1 aliphatic carbocycles. The molecular formula is C24H27N3O6. The van der Waals surface area contributed by atoms with Gasteiger partial charge in [-0.3, -0.25) is 14.2 Å². The Bertz CT molecular complexity index is 1140. The molecule has 1 fully saturated rings. The summed E-state index contributed by atoms with van der Waals surface area (Å²) in [5, 5.41) is 9.91. The van der Waals surface area contributed by atoms with Crippen molar-refractivity contribution in [3.05, 3.63) is 53.9 Å². The van der Waals surface area contributed by atoms with E-state index in [9.17, 15) is 4.79 Å². The minimum absolute atomic E-state index is 0.0853. The third-order valence-electron chi connectivity index (χ3n) is 5.12. The topological polar surface area (TPSA) is 112 Å². The monoisotopic (exact) mass is 453 g/mol. The van der Waals surface area contributed by atoms with Crippen LogP contribution in [0, 0.1) is 6.92 Å². The number of methoxy groups -OCH3 is 3. The van der Waals surface area contributed by atoms with E-state index in [4.69, 9.17) is 24.1 Å². The van der Waals surface area contributed by atoms with Crippen molar-refractivity contribution in [2.24, 2.45) is 0 Å². The molecule has 1 saturated carbocycles. The molecule has 2 aromatic carbocycles. The highest BCUT2D eigenvalue weighted by Crippen LogP contribution is 2.40. The van der Waals surface area contributed by atoms with E-state index in [1.54, 1.807) is 39.7 Å². The molecule has 0 atom stereocenters. The number of rotatable bonds is 7. The van der Waals surface area contributed by atoms with E-state index in [0.717, 1.165) is 29.7 Å². The molecule has 1 aromatic heterocycles. The van der Waals surface area contributed by atoms with Crippen molar-refractivity contribution >= 4 is 12.4 Å². The van der Waals surface area contributed by atoms with Gasteiger partial charge in [0.25, 0.3) is 12.4 Å². The van der Waals surface area contributed by atoms with Gasteiger partial charge in [0.1, 0.15) is 11.6 Å². The number of carbonyl (C=O) groups excluding carboxylic acids is 1. The van der Waals surface area contributed by atoms with E-state index < -0.39 is 0 Å². The van der Waals surface area contributed by atoms with E-state index in [0.29, 0.717) is 28.6 Å². The number of nitrogens with one attached hydrogen (secondary N) is 1. The number of carboxylic acid groups (broad SMARTS) is 1. The molecule has 0 radical (unpaired) electrons. The second-order valence-corrected chi connectivity index (χ2v) is 7.41. The fraction of sp³-hybridized carbons (Fsp3) is 0.292. The van der Waals surface area contributed by atoms with E-state index in [2.05, 4.69) is 10.3 Å². The third-order valence-corrected chi connectivity index (χ3v) is 5.12. The minimum Gasteiger partial charge on any atom is -0.495 e. The minimum atomic E-state index is -0.250. The van der Waals surface area contributed by atoms with Crippen LogP contribution in [-0.2, 0) is 4.79 Å². The van der Waals surface area contributed by atoms with Gasteiger partial charge in [-0.25, -0.2) is 4.98 Å². The van der Waals surface area contributed by atoms with Gasteiger partial charge in [-0.2, -0.15) is 0 Å². The first kappa shape index (κ1) is 23.6. The second kappa shape index (κ2) is 10.5. The number of hydrogen-bond acceptors (Lipinski definition) is 6. The molecule has 1 aliphatic rings. The Labute approximate surface area is 191 Å². The number of ether oxygens (including phenoxy) is 3. The standard InChI is InChI=1S/C23H25N3O4.CH2O2/c1-14-11-17(21(30-4)20(12-14)29-3)22-24-9-10-26(22)18-13-15(5-8-19(18)28-2)23(27)25-16-6-7-16;2-1-3/h5,8-13,16H,6-7H2,1-4H3,(H,25,27);1H,(H,2,3). The average molecular weight is 453 g/mol. The highest BCUT2D eigenvalue weighted by Gasteiger charge is 2.25. The van der Waals surface area contributed by atoms with Gasteiger partial charge in [-0.05, 0) is 55.7 Å². The molecule has 0 bridgehead atoms. The zero-order valence-electron chi connectivity index (χ0n) is 19.0. The van der Waals surface area contributed by atoms with Gasteiger partial charge < -0.3 is 24.6 Å². The van der Waals surface area contributed by atoms with Crippen LogP contribution in [0.25, 0.3) is 17.1 Å². The summed E-state index contributed by atoms with van der Waals surface area (Å²) in [6, 6.07) is 9.59. The van der Waals surface area contributed by atoms with Crippen molar-refractivity contribution in [2.45, 2.75) is 25.8 Å². The SMILES string of the molecule is COc1ccc(C(=O)NC2CC2)cc1-n1ccnc1-c1cc(C)cc(OC)c1OC.O=CO. The van der Waals surface area contributed by atoms with Gasteiger partial charge in [-0.1, -0.05) is 0 Å². The lowest BCUT2D eigenvalue weighted by molar-refractivity contribution is -0.122. The lowest BCUT2D eigenvalue weighted by atomic mass is 10.1. The molecule has 0 spiro atoms. The van der Waals surface area contributed by atoms with Crippen molar-refractivity contribution < 1.29 is 28.9 Å². The molecular weight excluding hydrogens is 426 g/mol. The molecule has 4 rings (SSSR count). The first-order chi connectivity index (χ1) is 16.0. The quantitative estimate of drug-likeness (QED) is 0.527. The van der Waals surface area contributed by atoms with Crippen LogP contribution in [0.1, 0.15) is 28.8 Å². The summed E-state index contributed by atoms with van der Waals surface area (Å²) in [5.74, 6) is 2.43. The van der Waals surface area contributed by atoms with Gasteiger partial charge in [-0.15, -0.1) is 0 Å². The Morgan fingerprint density at radius 2 is 1.82 bits per heavy atom. The Kier molecular flexibility index (Phi) is 7.55. The Morgan fingerprint density at radius 1 is 1.12 bits per heavy atom. The molecule has 1 amide bonds. The smallest absolute Gasteiger partial charge is 0.290 e.